The number of carbonyl (C=O) groups excluding carboxylic acids is 3. The fourth-order valence-corrected chi connectivity index (χ4v) is 1.70. The quantitative estimate of drug-likeness (QED) is 0.517. The second kappa shape index (κ2) is 5.44. The van der Waals surface area contributed by atoms with Crippen LogP contribution in [0.25, 0.3) is 0 Å². The van der Waals surface area contributed by atoms with E-state index in [1.165, 1.54) is 20.3 Å². The van der Waals surface area contributed by atoms with E-state index in [-0.39, 0.29) is 11.7 Å². The van der Waals surface area contributed by atoms with E-state index >= 15 is 0 Å². The summed E-state index contributed by atoms with van der Waals surface area (Å²) in [6, 6.07) is 0. The van der Waals surface area contributed by atoms with Gasteiger partial charge in [0, 0.05) is 12.3 Å². The zero-order chi connectivity index (χ0) is 12.1. The van der Waals surface area contributed by atoms with Gasteiger partial charge in [0.15, 0.2) is 11.7 Å². The van der Waals surface area contributed by atoms with Crippen LogP contribution in [0.4, 0.5) is 0 Å². The van der Waals surface area contributed by atoms with E-state index in [1.54, 1.807) is 6.08 Å². The first kappa shape index (κ1) is 12.4. The molecular formula is C11H14O5. The summed E-state index contributed by atoms with van der Waals surface area (Å²) in [4.78, 5) is 33.9. The maximum absolute atomic E-state index is 11.5. The predicted molar refractivity (Wildman–Crippen MR) is 54.4 cm³/mol. The monoisotopic (exact) mass is 226 g/mol. The number of allylic oxidation sites excluding steroid dienone is 2. The predicted octanol–water partition coefficient (Wildman–Crippen LogP) is 0.484. The molecule has 0 aromatic carbocycles. The second-order valence-electron chi connectivity index (χ2n) is 3.55. The van der Waals surface area contributed by atoms with Crippen LogP contribution in [-0.2, 0) is 23.9 Å². The highest BCUT2D eigenvalue weighted by atomic mass is 16.5. The van der Waals surface area contributed by atoms with Crippen LogP contribution < -0.4 is 0 Å². The van der Waals surface area contributed by atoms with Gasteiger partial charge in [0.25, 0.3) is 0 Å². The van der Waals surface area contributed by atoms with Crippen molar-refractivity contribution < 1.29 is 23.9 Å². The smallest absolute Gasteiger partial charge is 0.320 e. The Balaban J connectivity index is 2.85. The van der Waals surface area contributed by atoms with Gasteiger partial charge in [0.2, 0.25) is 0 Å². The SMILES string of the molecule is COC(=O)C(C(=O)OC)[C@@H]1C=CC(=O)CC1. The van der Waals surface area contributed by atoms with E-state index < -0.39 is 17.9 Å². The zero-order valence-electron chi connectivity index (χ0n) is 9.26. The van der Waals surface area contributed by atoms with Gasteiger partial charge in [-0.25, -0.2) is 0 Å². The summed E-state index contributed by atoms with van der Waals surface area (Å²) in [7, 11) is 2.44. The van der Waals surface area contributed by atoms with E-state index in [4.69, 9.17) is 0 Å². The van der Waals surface area contributed by atoms with Crippen LogP contribution in [0.5, 0.6) is 0 Å². The van der Waals surface area contributed by atoms with Crippen LogP contribution in [-0.4, -0.2) is 31.9 Å². The Morgan fingerprint density at radius 3 is 2.25 bits per heavy atom. The highest BCUT2D eigenvalue weighted by Gasteiger charge is 2.36. The summed E-state index contributed by atoms with van der Waals surface area (Å²) in [5.74, 6) is -2.55. The van der Waals surface area contributed by atoms with Gasteiger partial charge in [0.05, 0.1) is 14.2 Å². The van der Waals surface area contributed by atoms with Crippen LogP contribution in [0.3, 0.4) is 0 Å². The van der Waals surface area contributed by atoms with Crippen molar-refractivity contribution in [1.29, 1.82) is 0 Å². The van der Waals surface area contributed by atoms with Crippen LogP contribution >= 0.6 is 0 Å². The molecule has 5 nitrogen and oxygen atoms in total. The van der Waals surface area contributed by atoms with Gasteiger partial charge < -0.3 is 9.47 Å². The van der Waals surface area contributed by atoms with Gasteiger partial charge in [-0.3, -0.25) is 14.4 Å². The highest BCUT2D eigenvalue weighted by molar-refractivity contribution is 5.96. The maximum Gasteiger partial charge on any atom is 0.320 e. The minimum atomic E-state index is -0.973. The number of carbonyl (C=O) groups is 3. The number of methoxy groups -OCH3 is 2. The molecule has 0 aliphatic heterocycles. The lowest BCUT2D eigenvalue weighted by Crippen LogP contribution is -2.33. The fraction of sp³-hybridized carbons (Fsp3) is 0.545. The van der Waals surface area contributed by atoms with Crippen molar-refractivity contribution >= 4 is 17.7 Å². The number of ether oxygens (including phenoxy) is 2. The Labute approximate surface area is 93.4 Å². The Kier molecular flexibility index (Phi) is 4.22. The van der Waals surface area contributed by atoms with E-state index in [0.29, 0.717) is 12.8 Å². The number of hydrogen-bond donors (Lipinski definition) is 0. The third-order valence-corrected chi connectivity index (χ3v) is 2.59. The first-order valence-corrected chi connectivity index (χ1v) is 4.96. The molecule has 0 saturated heterocycles. The summed E-state index contributed by atoms with van der Waals surface area (Å²) in [5, 5.41) is 0. The van der Waals surface area contributed by atoms with E-state index in [2.05, 4.69) is 9.47 Å². The minimum Gasteiger partial charge on any atom is -0.468 e. The number of rotatable bonds is 3. The van der Waals surface area contributed by atoms with Crippen LogP contribution in [0.2, 0.25) is 0 Å². The molecule has 1 aliphatic carbocycles. The van der Waals surface area contributed by atoms with Crippen molar-refractivity contribution in [3.05, 3.63) is 12.2 Å². The molecule has 16 heavy (non-hydrogen) atoms. The van der Waals surface area contributed by atoms with Crippen molar-refractivity contribution in [3.63, 3.8) is 0 Å². The van der Waals surface area contributed by atoms with Gasteiger partial charge in [-0.2, -0.15) is 0 Å². The normalized spacial score (nSPS) is 19.7. The molecule has 0 N–H and O–H groups in total. The number of hydrogen-bond acceptors (Lipinski definition) is 5. The molecule has 0 fully saturated rings. The first-order chi connectivity index (χ1) is 7.60. The Bertz CT molecular complexity index is 315. The average molecular weight is 226 g/mol. The molecule has 1 aliphatic rings. The van der Waals surface area contributed by atoms with Crippen molar-refractivity contribution in [2.24, 2.45) is 11.8 Å². The molecule has 0 amide bonds. The molecule has 5 heteroatoms. The first-order valence-electron chi connectivity index (χ1n) is 4.96. The van der Waals surface area contributed by atoms with Gasteiger partial charge >= 0.3 is 11.9 Å². The molecule has 0 radical (unpaired) electrons. The largest absolute Gasteiger partial charge is 0.468 e. The molecule has 0 spiro atoms. The fourth-order valence-electron chi connectivity index (χ4n) is 1.70. The van der Waals surface area contributed by atoms with Crippen molar-refractivity contribution in [1.82, 2.24) is 0 Å². The molecule has 0 heterocycles. The van der Waals surface area contributed by atoms with Gasteiger partial charge in [0.1, 0.15) is 0 Å². The van der Waals surface area contributed by atoms with Gasteiger partial charge in [-0.05, 0) is 12.5 Å². The van der Waals surface area contributed by atoms with E-state index in [9.17, 15) is 14.4 Å². The van der Waals surface area contributed by atoms with Crippen LogP contribution in [0.15, 0.2) is 12.2 Å². The van der Waals surface area contributed by atoms with E-state index in [0.717, 1.165) is 0 Å². The summed E-state index contributed by atoms with van der Waals surface area (Å²) in [6.45, 7) is 0. The van der Waals surface area contributed by atoms with Crippen molar-refractivity contribution in [2.75, 3.05) is 14.2 Å². The van der Waals surface area contributed by atoms with Crippen molar-refractivity contribution in [3.8, 4) is 0 Å². The molecule has 0 bridgehead atoms. The Morgan fingerprint density at radius 2 is 1.88 bits per heavy atom. The topological polar surface area (TPSA) is 69.7 Å². The third kappa shape index (κ3) is 2.68. The summed E-state index contributed by atoms with van der Waals surface area (Å²) in [5.41, 5.74) is 0. The molecule has 0 aromatic heterocycles. The van der Waals surface area contributed by atoms with Crippen molar-refractivity contribution in [2.45, 2.75) is 12.8 Å². The number of esters is 2. The Hall–Kier alpha value is -1.65. The molecule has 88 valence electrons. The van der Waals surface area contributed by atoms with E-state index in [1.807, 2.05) is 0 Å². The van der Waals surface area contributed by atoms with Gasteiger partial charge in [-0.1, -0.05) is 6.08 Å². The highest BCUT2D eigenvalue weighted by Crippen LogP contribution is 2.25. The minimum absolute atomic E-state index is 0.00438. The summed E-state index contributed by atoms with van der Waals surface area (Å²) >= 11 is 0. The molecule has 0 aromatic rings. The zero-order valence-corrected chi connectivity index (χ0v) is 9.26. The standard InChI is InChI=1S/C11H14O5/c1-15-10(13)9(11(14)16-2)7-3-5-8(12)6-4-7/h3,5,7,9H,4,6H2,1-2H3/t7-/m1/s1. The second-order valence-corrected chi connectivity index (χ2v) is 3.55. The van der Waals surface area contributed by atoms with Gasteiger partial charge in [-0.15, -0.1) is 0 Å². The van der Waals surface area contributed by atoms with Crippen LogP contribution in [0.1, 0.15) is 12.8 Å². The van der Waals surface area contributed by atoms with Crippen LogP contribution in [0, 0.1) is 11.8 Å². The Morgan fingerprint density at radius 1 is 1.31 bits per heavy atom. The third-order valence-electron chi connectivity index (χ3n) is 2.59. The lowest BCUT2D eigenvalue weighted by Gasteiger charge is -2.22. The lowest BCUT2D eigenvalue weighted by molar-refractivity contribution is -0.161. The maximum atomic E-state index is 11.5. The molecule has 1 rings (SSSR count). The number of ketones is 1. The molecule has 1 atom stereocenters. The molecule has 0 saturated carbocycles. The summed E-state index contributed by atoms with van der Waals surface area (Å²) < 4.78 is 9.11. The lowest BCUT2D eigenvalue weighted by atomic mass is 9.84. The summed E-state index contributed by atoms with van der Waals surface area (Å²) in [6.07, 6.45) is 3.77. The average Bonchev–Trinajstić information content (AvgIpc) is 2.31. The molecular weight excluding hydrogens is 212 g/mol. The molecule has 0 unspecified atom stereocenters.